The molecule has 25 heavy (non-hydrogen) atoms. The Morgan fingerprint density at radius 1 is 1.08 bits per heavy atom. The number of ether oxygens (including phenoxy) is 1. The van der Waals surface area contributed by atoms with Crippen molar-refractivity contribution < 1.29 is 48.8 Å². The molecule has 0 aliphatic rings. The third kappa shape index (κ3) is 4.42. The summed E-state index contributed by atoms with van der Waals surface area (Å²) in [4.78, 5) is 11.9. The van der Waals surface area contributed by atoms with E-state index >= 15 is 0 Å². The van der Waals surface area contributed by atoms with Gasteiger partial charge in [-0.15, -0.1) is 0 Å². The Labute approximate surface area is 138 Å². The van der Waals surface area contributed by atoms with Crippen molar-refractivity contribution in [2.75, 3.05) is 5.75 Å². The number of hydrogen-bond donors (Lipinski definition) is 1. The first-order chi connectivity index (χ1) is 11.0. The molecule has 12 heteroatoms. The number of hydrogen-bond acceptors (Lipinski definition) is 4. The van der Waals surface area contributed by atoms with Crippen molar-refractivity contribution in [3.8, 4) is 0 Å². The maximum Gasteiger partial charge on any atom is 0.438 e. The highest BCUT2D eigenvalue weighted by molar-refractivity contribution is 7.85. The van der Waals surface area contributed by atoms with Crippen molar-refractivity contribution >= 4 is 16.1 Å². The smallest absolute Gasteiger partial charge is 0.435 e. The molecule has 1 rings (SSSR count). The van der Waals surface area contributed by atoms with Crippen LogP contribution in [0.2, 0.25) is 0 Å². The molecule has 1 aromatic rings. The molecule has 0 saturated heterocycles. The van der Waals surface area contributed by atoms with Gasteiger partial charge in [0.15, 0.2) is 0 Å². The highest BCUT2D eigenvalue weighted by atomic mass is 32.2. The van der Waals surface area contributed by atoms with Gasteiger partial charge in [-0.3, -0.25) is 4.55 Å². The molecule has 5 nitrogen and oxygen atoms in total. The van der Waals surface area contributed by atoms with Crippen molar-refractivity contribution in [2.24, 2.45) is 0 Å². The van der Waals surface area contributed by atoms with E-state index in [1.54, 1.807) is 0 Å². The Hall–Kier alpha value is -1.82. The van der Waals surface area contributed by atoms with Crippen LogP contribution in [0, 0.1) is 13.8 Å². The van der Waals surface area contributed by atoms with E-state index in [4.69, 9.17) is 4.55 Å². The van der Waals surface area contributed by atoms with Crippen molar-refractivity contribution in [1.29, 1.82) is 0 Å². The minimum absolute atomic E-state index is 0.0533. The van der Waals surface area contributed by atoms with E-state index < -0.39 is 45.4 Å². The first-order valence-electron chi connectivity index (χ1n) is 6.40. The zero-order valence-electron chi connectivity index (χ0n) is 12.7. The SMILES string of the molecule is Cc1cccc(C(=O)OC(CS(=O)(=O)O)(C(F)(F)F)C(F)(F)F)c1C. The fourth-order valence-corrected chi connectivity index (χ4v) is 2.81. The molecule has 0 spiro atoms. The molecule has 1 N–H and O–H groups in total. The van der Waals surface area contributed by atoms with Gasteiger partial charge in [-0.25, -0.2) is 4.79 Å². The third-order valence-electron chi connectivity index (χ3n) is 3.39. The van der Waals surface area contributed by atoms with Crippen molar-refractivity contribution in [3.63, 3.8) is 0 Å². The number of benzene rings is 1. The molecular weight excluding hydrogens is 382 g/mol. The highest BCUT2D eigenvalue weighted by Crippen LogP contribution is 2.47. The molecular formula is C13H12F6O5S. The van der Waals surface area contributed by atoms with Gasteiger partial charge in [0.1, 0.15) is 5.75 Å². The average Bonchev–Trinajstić information content (AvgIpc) is 2.36. The molecule has 0 aromatic heterocycles. The zero-order chi connectivity index (χ0) is 19.8. The van der Waals surface area contributed by atoms with Crippen LogP contribution in [0.3, 0.4) is 0 Å². The fourth-order valence-electron chi connectivity index (χ4n) is 1.91. The molecule has 0 aliphatic heterocycles. The normalized spacial score (nSPS) is 13.6. The lowest BCUT2D eigenvalue weighted by molar-refractivity contribution is -0.356. The van der Waals surface area contributed by atoms with Crippen LogP contribution in [0.1, 0.15) is 21.5 Å². The molecule has 142 valence electrons. The number of esters is 1. The van der Waals surface area contributed by atoms with Gasteiger partial charge in [0.05, 0.1) is 5.56 Å². The van der Waals surface area contributed by atoms with Gasteiger partial charge in [-0.2, -0.15) is 34.8 Å². The molecule has 0 fully saturated rings. The average molecular weight is 394 g/mol. The minimum Gasteiger partial charge on any atom is -0.435 e. The molecule has 0 aliphatic carbocycles. The summed E-state index contributed by atoms with van der Waals surface area (Å²) < 4.78 is 112. The topological polar surface area (TPSA) is 80.7 Å². The van der Waals surface area contributed by atoms with Crippen LogP contribution >= 0.6 is 0 Å². The summed E-state index contributed by atoms with van der Waals surface area (Å²) in [5, 5.41) is 0. The summed E-state index contributed by atoms with van der Waals surface area (Å²) in [5.74, 6) is -4.94. The standard InChI is InChI=1S/C13H12F6O5S/c1-7-4-3-5-9(8(7)2)10(20)24-11(12(14,15)16,13(17,18)19)6-25(21,22)23/h3-5H,6H2,1-2H3,(H,21,22,23). The maximum atomic E-state index is 13.1. The monoisotopic (exact) mass is 394 g/mol. The second kappa shape index (κ2) is 6.48. The Morgan fingerprint density at radius 2 is 1.56 bits per heavy atom. The number of carbonyl (C=O) groups excluding carboxylic acids is 1. The summed E-state index contributed by atoms with van der Waals surface area (Å²) in [6.45, 7) is 2.71. The van der Waals surface area contributed by atoms with E-state index in [-0.39, 0.29) is 5.56 Å². The summed E-state index contributed by atoms with van der Waals surface area (Å²) >= 11 is 0. The molecule has 0 unspecified atom stereocenters. The van der Waals surface area contributed by atoms with Crippen molar-refractivity contribution in [2.45, 2.75) is 31.8 Å². The van der Waals surface area contributed by atoms with Gasteiger partial charge < -0.3 is 4.74 Å². The zero-order valence-corrected chi connectivity index (χ0v) is 13.5. The van der Waals surface area contributed by atoms with Gasteiger partial charge in [-0.05, 0) is 31.0 Å². The van der Waals surface area contributed by atoms with Gasteiger partial charge in [0.25, 0.3) is 10.1 Å². The van der Waals surface area contributed by atoms with E-state index in [1.165, 1.54) is 26.0 Å². The van der Waals surface area contributed by atoms with Crippen LogP contribution in [-0.2, 0) is 14.9 Å². The quantitative estimate of drug-likeness (QED) is 0.482. The second-order valence-electron chi connectivity index (χ2n) is 5.19. The first kappa shape index (κ1) is 21.2. The Kier molecular flexibility index (Phi) is 5.50. The third-order valence-corrected chi connectivity index (χ3v) is 4.16. The molecule has 0 radical (unpaired) electrons. The predicted octanol–water partition coefficient (Wildman–Crippen LogP) is 3.21. The Balaban J connectivity index is 3.53. The van der Waals surface area contributed by atoms with Gasteiger partial charge in [-0.1, -0.05) is 12.1 Å². The van der Waals surface area contributed by atoms with Crippen LogP contribution in [0.25, 0.3) is 0 Å². The Bertz CT molecular complexity index is 752. The van der Waals surface area contributed by atoms with Crippen LogP contribution in [0.4, 0.5) is 26.3 Å². The van der Waals surface area contributed by atoms with E-state index in [9.17, 15) is 39.6 Å². The van der Waals surface area contributed by atoms with Crippen LogP contribution in [-0.4, -0.2) is 42.6 Å². The van der Waals surface area contributed by atoms with Gasteiger partial charge in [0.2, 0.25) is 0 Å². The lowest BCUT2D eigenvalue weighted by Gasteiger charge is -2.35. The van der Waals surface area contributed by atoms with Crippen LogP contribution < -0.4 is 0 Å². The lowest BCUT2D eigenvalue weighted by Crippen LogP contribution is -2.63. The number of alkyl halides is 6. The number of rotatable bonds is 4. The van der Waals surface area contributed by atoms with Crippen molar-refractivity contribution in [1.82, 2.24) is 0 Å². The summed E-state index contributed by atoms with van der Waals surface area (Å²) in [7, 11) is -5.81. The second-order valence-corrected chi connectivity index (χ2v) is 6.64. The van der Waals surface area contributed by atoms with Gasteiger partial charge in [0, 0.05) is 0 Å². The summed E-state index contributed by atoms with van der Waals surface area (Å²) in [6, 6.07) is 3.57. The molecule has 0 atom stereocenters. The van der Waals surface area contributed by atoms with Crippen LogP contribution in [0.5, 0.6) is 0 Å². The first-order valence-corrected chi connectivity index (χ1v) is 8.01. The van der Waals surface area contributed by atoms with Gasteiger partial charge >= 0.3 is 23.9 Å². The molecule has 0 amide bonds. The molecule has 1 aromatic carbocycles. The largest absolute Gasteiger partial charge is 0.438 e. The molecule has 0 saturated carbocycles. The molecule has 0 bridgehead atoms. The van der Waals surface area contributed by atoms with E-state index in [0.29, 0.717) is 5.56 Å². The fraction of sp³-hybridized carbons (Fsp3) is 0.462. The lowest BCUT2D eigenvalue weighted by atomic mass is 10.0. The number of halogens is 6. The van der Waals surface area contributed by atoms with Crippen molar-refractivity contribution in [3.05, 3.63) is 34.9 Å². The van der Waals surface area contributed by atoms with E-state index in [2.05, 4.69) is 4.74 Å². The minimum atomic E-state index is -6.35. The number of aryl methyl sites for hydroxylation is 1. The summed E-state index contributed by atoms with van der Waals surface area (Å²) in [5.41, 5.74) is -5.58. The van der Waals surface area contributed by atoms with E-state index in [1.807, 2.05) is 0 Å². The summed E-state index contributed by atoms with van der Waals surface area (Å²) in [6.07, 6.45) is -12.7. The Morgan fingerprint density at radius 3 is 1.96 bits per heavy atom. The number of carbonyl (C=O) groups is 1. The van der Waals surface area contributed by atoms with E-state index in [0.717, 1.165) is 6.07 Å². The highest BCUT2D eigenvalue weighted by Gasteiger charge is 2.76. The molecule has 0 heterocycles. The van der Waals surface area contributed by atoms with Crippen LogP contribution in [0.15, 0.2) is 18.2 Å². The maximum absolute atomic E-state index is 13.1. The predicted molar refractivity (Wildman–Crippen MR) is 72.6 cm³/mol.